The van der Waals surface area contributed by atoms with Crippen molar-refractivity contribution in [1.29, 1.82) is 0 Å². The number of nitrogens with one attached hydrogen (secondary N) is 1. The highest BCUT2D eigenvalue weighted by Gasteiger charge is 2.14. The third-order valence-electron chi connectivity index (χ3n) is 2.77. The summed E-state index contributed by atoms with van der Waals surface area (Å²) in [6, 6.07) is 7.48. The summed E-state index contributed by atoms with van der Waals surface area (Å²) in [5, 5.41) is 12.9. The van der Waals surface area contributed by atoms with E-state index in [1.165, 1.54) is 6.20 Å². The Morgan fingerprint density at radius 2 is 2.00 bits per heavy atom. The maximum atomic E-state index is 11.2. The fraction of sp³-hybridized carbons (Fsp3) is 0.267. The van der Waals surface area contributed by atoms with Gasteiger partial charge in [0.15, 0.2) is 0 Å². The number of aromatic nitrogens is 2. The van der Waals surface area contributed by atoms with Crippen LogP contribution in [0.25, 0.3) is 0 Å². The zero-order valence-corrected chi connectivity index (χ0v) is 12.6. The lowest BCUT2D eigenvalue weighted by molar-refractivity contribution is 0.0697. The van der Waals surface area contributed by atoms with Crippen LogP contribution in [0.3, 0.4) is 0 Å². The Hall–Kier alpha value is -2.14. The molecule has 0 unspecified atom stereocenters. The van der Waals surface area contributed by atoms with Gasteiger partial charge in [-0.05, 0) is 31.5 Å². The predicted octanol–water partition coefficient (Wildman–Crippen LogP) is 3.24. The van der Waals surface area contributed by atoms with Crippen LogP contribution in [0, 0.1) is 0 Å². The molecule has 0 spiro atoms. The van der Waals surface area contributed by atoms with Gasteiger partial charge in [-0.25, -0.2) is 14.8 Å². The lowest BCUT2D eigenvalue weighted by Gasteiger charge is -2.12. The number of halogens is 1. The van der Waals surface area contributed by atoms with Crippen molar-refractivity contribution >= 4 is 23.4 Å². The SMILES string of the molecule is CC(C)Nc1nc(Cc2ccc(Cl)cc2)ncc1C(=O)O. The topological polar surface area (TPSA) is 75.1 Å². The highest BCUT2D eigenvalue weighted by molar-refractivity contribution is 6.30. The molecule has 2 aromatic rings. The molecule has 0 aliphatic heterocycles. The quantitative estimate of drug-likeness (QED) is 0.887. The summed E-state index contributed by atoms with van der Waals surface area (Å²) in [5.74, 6) is -0.141. The second-order valence-electron chi connectivity index (χ2n) is 4.96. The highest BCUT2D eigenvalue weighted by atomic mass is 35.5. The summed E-state index contributed by atoms with van der Waals surface area (Å²) in [6.07, 6.45) is 1.86. The van der Waals surface area contributed by atoms with Gasteiger partial charge >= 0.3 is 5.97 Å². The van der Waals surface area contributed by atoms with Crippen LogP contribution in [0.5, 0.6) is 0 Å². The number of nitrogens with zero attached hydrogens (tertiary/aromatic N) is 2. The zero-order chi connectivity index (χ0) is 15.4. The number of carbonyl (C=O) groups is 1. The molecular formula is C15H16ClN3O2. The summed E-state index contributed by atoms with van der Waals surface area (Å²) < 4.78 is 0. The summed E-state index contributed by atoms with van der Waals surface area (Å²) in [6.45, 7) is 3.85. The van der Waals surface area contributed by atoms with Crippen LogP contribution in [-0.4, -0.2) is 27.1 Å². The van der Waals surface area contributed by atoms with E-state index in [4.69, 9.17) is 16.7 Å². The van der Waals surface area contributed by atoms with Crippen molar-refractivity contribution in [2.24, 2.45) is 0 Å². The molecule has 2 N–H and O–H groups in total. The Morgan fingerprint density at radius 1 is 1.33 bits per heavy atom. The molecule has 0 amide bonds. The molecule has 2 rings (SSSR count). The monoisotopic (exact) mass is 305 g/mol. The number of rotatable bonds is 5. The number of carboxylic acid groups (broad SMARTS) is 1. The standard InChI is InChI=1S/C15H16ClN3O2/c1-9(2)18-14-12(15(20)21)8-17-13(19-14)7-10-3-5-11(16)6-4-10/h3-6,8-9H,7H2,1-2H3,(H,20,21)(H,17,18,19). The van der Waals surface area contributed by atoms with Gasteiger partial charge in [0.2, 0.25) is 0 Å². The van der Waals surface area contributed by atoms with Crippen molar-refractivity contribution in [1.82, 2.24) is 9.97 Å². The van der Waals surface area contributed by atoms with E-state index >= 15 is 0 Å². The number of carboxylic acids is 1. The molecule has 1 aromatic carbocycles. The van der Waals surface area contributed by atoms with Crippen LogP contribution in [0.2, 0.25) is 5.02 Å². The molecule has 1 heterocycles. The largest absolute Gasteiger partial charge is 0.477 e. The van der Waals surface area contributed by atoms with Gasteiger partial charge in [-0.3, -0.25) is 0 Å². The molecule has 6 heteroatoms. The minimum Gasteiger partial charge on any atom is -0.477 e. The lowest BCUT2D eigenvalue weighted by atomic mass is 10.1. The molecule has 0 saturated carbocycles. The zero-order valence-electron chi connectivity index (χ0n) is 11.8. The van der Waals surface area contributed by atoms with Crippen molar-refractivity contribution in [3.63, 3.8) is 0 Å². The molecule has 0 fully saturated rings. The normalized spacial score (nSPS) is 10.7. The molecule has 5 nitrogen and oxygen atoms in total. The average molecular weight is 306 g/mol. The molecular weight excluding hydrogens is 290 g/mol. The maximum Gasteiger partial charge on any atom is 0.341 e. The Balaban J connectivity index is 2.28. The number of hydrogen-bond donors (Lipinski definition) is 2. The van der Waals surface area contributed by atoms with Gasteiger partial charge < -0.3 is 10.4 Å². The average Bonchev–Trinajstić information content (AvgIpc) is 2.40. The molecule has 110 valence electrons. The molecule has 0 saturated heterocycles. The second kappa shape index (κ2) is 6.54. The smallest absolute Gasteiger partial charge is 0.341 e. The van der Waals surface area contributed by atoms with Crippen LogP contribution >= 0.6 is 11.6 Å². The summed E-state index contributed by atoms with van der Waals surface area (Å²) >= 11 is 5.85. The molecule has 0 atom stereocenters. The van der Waals surface area contributed by atoms with Crippen LogP contribution in [0.4, 0.5) is 5.82 Å². The lowest BCUT2D eigenvalue weighted by Crippen LogP contribution is -2.16. The van der Waals surface area contributed by atoms with E-state index in [1.807, 2.05) is 26.0 Å². The van der Waals surface area contributed by atoms with Gasteiger partial charge in [0.1, 0.15) is 17.2 Å². The third kappa shape index (κ3) is 4.16. The van der Waals surface area contributed by atoms with E-state index in [9.17, 15) is 4.79 Å². The Bertz CT molecular complexity index is 642. The van der Waals surface area contributed by atoms with E-state index < -0.39 is 5.97 Å². The van der Waals surface area contributed by atoms with E-state index in [-0.39, 0.29) is 11.6 Å². The number of aromatic carboxylic acids is 1. The summed E-state index contributed by atoms with van der Waals surface area (Å²) in [5.41, 5.74) is 1.08. The van der Waals surface area contributed by atoms with Crippen LogP contribution in [0.15, 0.2) is 30.5 Å². The molecule has 0 aliphatic carbocycles. The molecule has 1 aromatic heterocycles. The summed E-state index contributed by atoms with van der Waals surface area (Å²) in [7, 11) is 0. The Labute approximate surface area is 128 Å². The molecule has 0 bridgehead atoms. The number of anilines is 1. The van der Waals surface area contributed by atoms with Gasteiger partial charge in [0.25, 0.3) is 0 Å². The maximum absolute atomic E-state index is 11.2. The minimum absolute atomic E-state index is 0.0727. The van der Waals surface area contributed by atoms with Gasteiger partial charge in [0, 0.05) is 23.7 Å². The summed E-state index contributed by atoms with van der Waals surface area (Å²) in [4.78, 5) is 19.6. The van der Waals surface area contributed by atoms with Crippen molar-refractivity contribution in [3.05, 3.63) is 52.4 Å². The molecule has 0 radical (unpaired) electrons. The number of benzene rings is 1. The van der Waals surface area contributed by atoms with E-state index in [1.54, 1.807) is 12.1 Å². The first-order chi connectivity index (χ1) is 9.95. The van der Waals surface area contributed by atoms with Crippen LogP contribution in [-0.2, 0) is 6.42 Å². The third-order valence-corrected chi connectivity index (χ3v) is 3.02. The number of hydrogen-bond acceptors (Lipinski definition) is 4. The molecule has 0 aliphatic rings. The first-order valence-corrected chi connectivity index (χ1v) is 6.93. The van der Waals surface area contributed by atoms with Crippen LogP contribution in [0.1, 0.15) is 35.6 Å². The highest BCUT2D eigenvalue weighted by Crippen LogP contribution is 2.16. The van der Waals surface area contributed by atoms with Crippen molar-refractivity contribution in [2.45, 2.75) is 26.3 Å². The van der Waals surface area contributed by atoms with E-state index in [2.05, 4.69) is 15.3 Å². The minimum atomic E-state index is -1.05. The van der Waals surface area contributed by atoms with Crippen LogP contribution < -0.4 is 5.32 Å². The van der Waals surface area contributed by atoms with E-state index in [0.29, 0.717) is 23.1 Å². The fourth-order valence-electron chi connectivity index (χ4n) is 1.83. The van der Waals surface area contributed by atoms with Gasteiger partial charge in [-0.1, -0.05) is 23.7 Å². The Kier molecular flexibility index (Phi) is 4.75. The Morgan fingerprint density at radius 3 is 2.57 bits per heavy atom. The van der Waals surface area contributed by atoms with Crippen molar-refractivity contribution in [2.75, 3.05) is 5.32 Å². The van der Waals surface area contributed by atoms with Crippen molar-refractivity contribution < 1.29 is 9.90 Å². The predicted molar refractivity (Wildman–Crippen MR) is 82.0 cm³/mol. The van der Waals surface area contributed by atoms with E-state index in [0.717, 1.165) is 5.56 Å². The fourth-order valence-corrected chi connectivity index (χ4v) is 1.95. The van der Waals surface area contributed by atoms with Gasteiger partial charge in [0.05, 0.1) is 0 Å². The molecule has 21 heavy (non-hydrogen) atoms. The second-order valence-corrected chi connectivity index (χ2v) is 5.39. The van der Waals surface area contributed by atoms with Gasteiger partial charge in [-0.2, -0.15) is 0 Å². The first-order valence-electron chi connectivity index (χ1n) is 6.56. The van der Waals surface area contributed by atoms with Gasteiger partial charge in [-0.15, -0.1) is 0 Å². The van der Waals surface area contributed by atoms with Crippen molar-refractivity contribution in [3.8, 4) is 0 Å². The first kappa shape index (κ1) is 15.3.